The van der Waals surface area contributed by atoms with Crippen LogP contribution in [0, 0.1) is 5.41 Å². The Balaban J connectivity index is 2.13. The van der Waals surface area contributed by atoms with Crippen LogP contribution in [-0.4, -0.2) is 20.2 Å². The number of fused-ring (bicyclic) bond motifs is 1. The van der Waals surface area contributed by atoms with Gasteiger partial charge in [-0.25, -0.2) is 9.97 Å². The Morgan fingerprint density at radius 2 is 2.39 bits per heavy atom. The van der Waals surface area contributed by atoms with Gasteiger partial charge in [0.15, 0.2) is 5.65 Å². The second kappa shape index (κ2) is 4.23. The average molecular weight is 257 g/mol. The third-order valence-corrected chi connectivity index (χ3v) is 3.40. The van der Waals surface area contributed by atoms with E-state index in [1.165, 1.54) is 5.56 Å². The Morgan fingerprint density at radius 3 is 3.11 bits per heavy atom. The Morgan fingerprint density at radius 1 is 1.50 bits per heavy atom. The van der Waals surface area contributed by atoms with Gasteiger partial charge in [-0.15, -0.1) is 0 Å². The molecule has 6 heteroatoms. The number of nitrogens with one attached hydrogen (secondary N) is 1. The van der Waals surface area contributed by atoms with Crippen molar-refractivity contribution < 1.29 is 0 Å². The van der Waals surface area contributed by atoms with Gasteiger partial charge >= 0.3 is 0 Å². The van der Waals surface area contributed by atoms with Gasteiger partial charge in [-0.1, -0.05) is 0 Å². The molecule has 18 heavy (non-hydrogen) atoms. The van der Waals surface area contributed by atoms with Crippen molar-refractivity contribution >= 4 is 22.8 Å². The van der Waals surface area contributed by atoms with Gasteiger partial charge in [-0.05, 0) is 22.4 Å². The standard InChI is InChI=1S/C12H11N5S/c13-11(14)10-6-17-3-2-15-12(17)9(16-10)5-8-1-4-18-7-8/h1-4,6-7H,5H2,(H3,13,14). The van der Waals surface area contributed by atoms with Gasteiger partial charge < -0.3 is 10.1 Å². The zero-order valence-electron chi connectivity index (χ0n) is 9.50. The van der Waals surface area contributed by atoms with Gasteiger partial charge in [0.1, 0.15) is 11.5 Å². The van der Waals surface area contributed by atoms with Crippen LogP contribution < -0.4 is 5.73 Å². The Labute approximate surface area is 107 Å². The fourth-order valence-corrected chi connectivity index (χ4v) is 2.50. The number of aromatic nitrogens is 3. The molecule has 3 aromatic heterocycles. The number of nitrogens with zero attached hydrogens (tertiary/aromatic N) is 3. The maximum absolute atomic E-state index is 7.49. The summed E-state index contributed by atoms with van der Waals surface area (Å²) in [6, 6.07) is 2.06. The summed E-state index contributed by atoms with van der Waals surface area (Å²) in [5.41, 5.74) is 8.83. The van der Waals surface area contributed by atoms with Crippen molar-refractivity contribution in [2.45, 2.75) is 6.42 Å². The fraction of sp³-hybridized carbons (Fsp3) is 0.0833. The molecule has 90 valence electrons. The van der Waals surface area contributed by atoms with Crippen LogP contribution in [0.3, 0.4) is 0 Å². The Hall–Kier alpha value is -2.21. The van der Waals surface area contributed by atoms with E-state index in [9.17, 15) is 0 Å². The zero-order chi connectivity index (χ0) is 12.5. The van der Waals surface area contributed by atoms with Crippen LogP contribution >= 0.6 is 11.3 Å². The second-order valence-corrected chi connectivity index (χ2v) is 4.73. The highest BCUT2D eigenvalue weighted by molar-refractivity contribution is 7.07. The minimum Gasteiger partial charge on any atom is -0.382 e. The molecule has 3 rings (SSSR count). The van der Waals surface area contributed by atoms with Crippen LogP contribution in [0.25, 0.3) is 5.65 Å². The number of imidazole rings is 1. The molecule has 3 heterocycles. The third kappa shape index (κ3) is 1.86. The van der Waals surface area contributed by atoms with Crippen LogP contribution in [0.4, 0.5) is 0 Å². The fourth-order valence-electron chi connectivity index (χ4n) is 1.83. The topological polar surface area (TPSA) is 80.1 Å². The van der Waals surface area contributed by atoms with Crippen molar-refractivity contribution in [3.63, 3.8) is 0 Å². The average Bonchev–Trinajstić information content (AvgIpc) is 2.98. The Kier molecular flexibility index (Phi) is 2.56. The van der Waals surface area contributed by atoms with Crippen LogP contribution in [0.5, 0.6) is 0 Å². The number of thiophene rings is 1. The predicted octanol–water partition coefficient (Wildman–Crippen LogP) is 1.67. The van der Waals surface area contributed by atoms with Crippen molar-refractivity contribution in [3.05, 3.63) is 52.4 Å². The molecule has 0 bridgehead atoms. The molecule has 0 unspecified atom stereocenters. The minimum atomic E-state index is -0.0304. The monoisotopic (exact) mass is 257 g/mol. The first-order chi connectivity index (χ1) is 8.74. The maximum Gasteiger partial charge on any atom is 0.158 e. The zero-order valence-corrected chi connectivity index (χ0v) is 10.3. The molecule has 0 fully saturated rings. The molecule has 0 atom stereocenters. The van der Waals surface area contributed by atoms with Crippen LogP contribution in [0.15, 0.2) is 35.4 Å². The molecule has 0 saturated heterocycles. The van der Waals surface area contributed by atoms with E-state index >= 15 is 0 Å². The molecule has 3 N–H and O–H groups in total. The van der Waals surface area contributed by atoms with E-state index in [0.717, 1.165) is 11.3 Å². The molecule has 0 spiro atoms. The summed E-state index contributed by atoms with van der Waals surface area (Å²) in [4.78, 5) is 8.71. The summed E-state index contributed by atoms with van der Waals surface area (Å²) in [5, 5.41) is 11.6. The third-order valence-electron chi connectivity index (χ3n) is 2.67. The summed E-state index contributed by atoms with van der Waals surface area (Å²) >= 11 is 1.65. The highest BCUT2D eigenvalue weighted by atomic mass is 32.1. The summed E-state index contributed by atoms with van der Waals surface area (Å²) in [7, 11) is 0. The van der Waals surface area contributed by atoms with Gasteiger partial charge in [-0.2, -0.15) is 11.3 Å². The van der Waals surface area contributed by atoms with Crippen molar-refractivity contribution in [2.75, 3.05) is 0 Å². The normalized spacial score (nSPS) is 10.9. The van der Waals surface area contributed by atoms with E-state index in [4.69, 9.17) is 11.1 Å². The summed E-state index contributed by atoms with van der Waals surface area (Å²) < 4.78 is 1.85. The number of amidine groups is 1. The SMILES string of the molecule is N=C(N)c1cn2ccnc2c(Cc2ccsc2)n1. The van der Waals surface area contributed by atoms with E-state index in [-0.39, 0.29) is 5.84 Å². The molecule has 0 amide bonds. The molecule has 0 aliphatic heterocycles. The summed E-state index contributed by atoms with van der Waals surface area (Å²) in [5.74, 6) is -0.0304. The molecular formula is C12H11N5S. The highest BCUT2D eigenvalue weighted by Crippen LogP contribution is 2.15. The van der Waals surface area contributed by atoms with Gasteiger partial charge in [0, 0.05) is 25.0 Å². The lowest BCUT2D eigenvalue weighted by Gasteiger charge is -2.05. The van der Waals surface area contributed by atoms with Crippen molar-refractivity contribution in [1.29, 1.82) is 5.41 Å². The lowest BCUT2D eigenvalue weighted by molar-refractivity contribution is 1.01. The molecule has 0 aliphatic carbocycles. The summed E-state index contributed by atoms with van der Waals surface area (Å²) in [6.45, 7) is 0. The van der Waals surface area contributed by atoms with Gasteiger partial charge in [0.05, 0.1) is 5.69 Å². The van der Waals surface area contributed by atoms with Gasteiger partial charge in [0.2, 0.25) is 0 Å². The molecule has 3 aromatic rings. The number of hydrogen-bond donors (Lipinski definition) is 2. The van der Waals surface area contributed by atoms with Gasteiger partial charge in [-0.3, -0.25) is 5.41 Å². The molecule has 0 radical (unpaired) electrons. The van der Waals surface area contributed by atoms with Crippen LogP contribution in [0.1, 0.15) is 17.0 Å². The molecule has 0 aromatic carbocycles. The van der Waals surface area contributed by atoms with E-state index in [2.05, 4.69) is 21.4 Å². The largest absolute Gasteiger partial charge is 0.382 e. The van der Waals surface area contributed by atoms with E-state index < -0.39 is 0 Å². The van der Waals surface area contributed by atoms with Crippen LogP contribution in [-0.2, 0) is 6.42 Å². The molecular weight excluding hydrogens is 246 g/mol. The first kappa shape index (κ1) is 10.9. The number of rotatable bonds is 3. The molecule has 0 saturated carbocycles. The summed E-state index contributed by atoms with van der Waals surface area (Å²) in [6.07, 6.45) is 5.98. The minimum absolute atomic E-state index is 0.0304. The maximum atomic E-state index is 7.49. The highest BCUT2D eigenvalue weighted by Gasteiger charge is 2.10. The Bertz CT molecular complexity index is 698. The number of nitrogen functional groups attached to an aromatic ring is 1. The lowest BCUT2D eigenvalue weighted by atomic mass is 10.2. The van der Waals surface area contributed by atoms with E-state index in [1.54, 1.807) is 23.7 Å². The smallest absolute Gasteiger partial charge is 0.158 e. The molecule has 0 aliphatic rings. The first-order valence-corrected chi connectivity index (χ1v) is 6.36. The quantitative estimate of drug-likeness (QED) is 0.553. The van der Waals surface area contributed by atoms with Gasteiger partial charge in [0.25, 0.3) is 0 Å². The van der Waals surface area contributed by atoms with E-state index in [1.807, 2.05) is 16.0 Å². The molecule has 5 nitrogen and oxygen atoms in total. The van der Waals surface area contributed by atoms with Crippen molar-refractivity contribution in [3.8, 4) is 0 Å². The first-order valence-electron chi connectivity index (χ1n) is 5.42. The van der Waals surface area contributed by atoms with Crippen molar-refractivity contribution in [2.24, 2.45) is 5.73 Å². The van der Waals surface area contributed by atoms with Crippen molar-refractivity contribution in [1.82, 2.24) is 14.4 Å². The predicted molar refractivity (Wildman–Crippen MR) is 71.1 cm³/mol. The number of hydrogen-bond acceptors (Lipinski definition) is 4. The van der Waals surface area contributed by atoms with Crippen LogP contribution in [0.2, 0.25) is 0 Å². The second-order valence-electron chi connectivity index (χ2n) is 3.95. The van der Waals surface area contributed by atoms with E-state index in [0.29, 0.717) is 12.1 Å². The number of nitrogens with two attached hydrogens (primary N) is 1. The lowest BCUT2D eigenvalue weighted by Crippen LogP contribution is -2.15.